The van der Waals surface area contributed by atoms with Gasteiger partial charge in [0.1, 0.15) is 22.4 Å². The van der Waals surface area contributed by atoms with E-state index in [1.807, 2.05) is 47.8 Å². The average molecular weight is 796 g/mol. The Labute approximate surface area is 330 Å². The molecule has 0 bridgehead atoms. The van der Waals surface area contributed by atoms with E-state index in [4.69, 9.17) is 32.7 Å². The Morgan fingerprint density at radius 2 is 1.54 bits per heavy atom. The van der Waals surface area contributed by atoms with E-state index in [2.05, 4.69) is 20.9 Å². The number of halogens is 2. The molecule has 9 nitrogen and oxygen atoms in total. The predicted octanol–water partition coefficient (Wildman–Crippen LogP) is 10.0. The number of anilines is 2. The number of thiazole rings is 1. The van der Waals surface area contributed by atoms with Crippen LogP contribution in [-0.2, 0) is 9.59 Å². The lowest BCUT2D eigenvalue weighted by Gasteiger charge is -2.17. The van der Waals surface area contributed by atoms with Crippen LogP contribution in [0.5, 0.6) is 11.5 Å². The third-order valence-corrected chi connectivity index (χ3v) is 10.5. The van der Waals surface area contributed by atoms with Crippen molar-refractivity contribution in [1.82, 2.24) is 10.3 Å². The van der Waals surface area contributed by atoms with Gasteiger partial charge in [0.25, 0.3) is 11.8 Å². The molecule has 3 N–H and O–H groups in total. The summed E-state index contributed by atoms with van der Waals surface area (Å²) in [6, 6.07) is 35.4. The van der Waals surface area contributed by atoms with Gasteiger partial charge in [-0.25, -0.2) is 4.98 Å². The summed E-state index contributed by atoms with van der Waals surface area (Å²) >= 11 is 15.1. The smallest absolute Gasteiger partial charge is 0.272 e. The molecule has 0 aliphatic rings. The van der Waals surface area contributed by atoms with E-state index in [0.717, 1.165) is 10.5 Å². The van der Waals surface area contributed by atoms with Crippen molar-refractivity contribution in [3.8, 4) is 22.8 Å². The van der Waals surface area contributed by atoms with Crippen molar-refractivity contribution in [3.63, 3.8) is 0 Å². The minimum absolute atomic E-state index is 0.0154. The minimum atomic E-state index is -0.626. The van der Waals surface area contributed by atoms with Gasteiger partial charge in [-0.15, -0.1) is 23.1 Å². The fraction of sp³-hybridized carbons (Fsp3) is 0.0732. The van der Waals surface area contributed by atoms with Crippen molar-refractivity contribution in [2.24, 2.45) is 0 Å². The summed E-state index contributed by atoms with van der Waals surface area (Å²) in [5.41, 5.74) is 3.49. The third-order valence-electron chi connectivity index (χ3n) is 7.91. The molecule has 0 spiro atoms. The predicted molar refractivity (Wildman–Crippen MR) is 218 cm³/mol. The van der Waals surface area contributed by atoms with Gasteiger partial charge in [-0.2, -0.15) is 0 Å². The van der Waals surface area contributed by atoms with Crippen molar-refractivity contribution in [2.45, 2.75) is 10.1 Å². The third kappa shape index (κ3) is 9.68. The zero-order chi connectivity index (χ0) is 38.0. The second kappa shape index (κ2) is 18.0. The molecular formula is C41H32Cl2N4O5S2. The van der Waals surface area contributed by atoms with Crippen LogP contribution in [0, 0.1) is 0 Å². The first-order valence-corrected chi connectivity index (χ1v) is 18.9. The van der Waals surface area contributed by atoms with Gasteiger partial charge in [-0.1, -0.05) is 71.7 Å². The van der Waals surface area contributed by atoms with Gasteiger partial charge < -0.3 is 25.4 Å². The number of rotatable bonds is 13. The van der Waals surface area contributed by atoms with E-state index in [9.17, 15) is 14.4 Å². The molecule has 0 aliphatic carbocycles. The number of hydrogen-bond donors (Lipinski definition) is 3. The van der Waals surface area contributed by atoms with Crippen LogP contribution < -0.4 is 25.4 Å². The normalized spacial score (nSPS) is 11.7. The highest BCUT2D eigenvalue weighted by Crippen LogP contribution is 2.38. The molecule has 0 aliphatic heterocycles. The number of carbonyl (C=O) groups is 3. The highest BCUT2D eigenvalue weighted by molar-refractivity contribution is 8.00. The first-order chi connectivity index (χ1) is 26.2. The van der Waals surface area contributed by atoms with Crippen molar-refractivity contribution >= 4 is 80.9 Å². The molecule has 6 rings (SSSR count). The minimum Gasteiger partial charge on any atom is -0.497 e. The molecule has 6 aromatic rings. The van der Waals surface area contributed by atoms with Crippen LogP contribution in [0.3, 0.4) is 0 Å². The van der Waals surface area contributed by atoms with E-state index in [0.29, 0.717) is 54.7 Å². The van der Waals surface area contributed by atoms with Crippen LogP contribution in [0.2, 0.25) is 10.0 Å². The summed E-state index contributed by atoms with van der Waals surface area (Å²) in [5.74, 6) is -0.253. The molecule has 0 fully saturated rings. The maximum atomic E-state index is 13.8. The number of carbonyl (C=O) groups excluding carboxylic acids is 3. The molecule has 54 heavy (non-hydrogen) atoms. The van der Waals surface area contributed by atoms with Gasteiger partial charge in [-0.05, 0) is 84.4 Å². The fourth-order valence-electron chi connectivity index (χ4n) is 5.23. The number of aromatic nitrogens is 1. The number of hydrogen-bond acceptors (Lipinski definition) is 8. The molecule has 272 valence electrons. The van der Waals surface area contributed by atoms with Gasteiger partial charge >= 0.3 is 0 Å². The van der Waals surface area contributed by atoms with Crippen molar-refractivity contribution < 1.29 is 23.9 Å². The molecule has 5 aromatic carbocycles. The zero-order valence-corrected chi connectivity index (χ0v) is 32.0. The summed E-state index contributed by atoms with van der Waals surface area (Å²) < 4.78 is 10.9. The van der Waals surface area contributed by atoms with Crippen LogP contribution in [0.15, 0.2) is 137 Å². The van der Waals surface area contributed by atoms with Crippen LogP contribution in [-0.4, -0.2) is 36.9 Å². The topological polar surface area (TPSA) is 119 Å². The second-order valence-corrected chi connectivity index (χ2v) is 14.4. The Morgan fingerprint density at radius 1 is 0.815 bits per heavy atom. The molecule has 0 radical (unpaired) electrons. The lowest BCUT2D eigenvalue weighted by atomic mass is 10.1. The molecule has 1 unspecified atom stereocenters. The van der Waals surface area contributed by atoms with E-state index >= 15 is 0 Å². The van der Waals surface area contributed by atoms with E-state index in [1.54, 1.807) is 78.9 Å². The SMILES string of the molecule is COc1ccc(OC)c(/C=C(\NC(=O)c2ccccc2)C(=O)Nc2ccc(SC(C(=O)Nc3nc(-c4ccc(Cl)cc4Cl)cs3)c3ccccc3)cc2)c1. The number of amides is 3. The van der Waals surface area contributed by atoms with Crippen LogP contribution in [0.25, 0.3) is 17.3 Å². The molecule has 0 saturated heterocycles. The molecule has 3 amide bonds. The number of methoxy groups -OCH3 is 2. The molecule has 1 atom stereocenters. The Bertz CT molecular complexity index is 2300. The number of thioether (sulfide) groups is 1. The Morgan fingerprint density at radius 3 is 2.22 bits per heavy atom. The monoisotopic (exact) mass is 794 g/mol. The highest BCUT2D eigenvalue weighted by Gasteiger charge is 2.24. The van der Waals surface area contributed by atoms with Gasteiger partial charge in [0.05, 0.1) is 24.9 Å². The quantitative estimate of drug-likeness (QED) is 0.0787. The summed E-state index contributed by atoms with van der Waals surface area (Å²) in [4.78, 5) is 46.0. The average Bonchev–Trinajstić information content (AvgIpc) is 3.65. The summed E-state index contributed by atoms with van der Waals surface area (Å²) in [7, 11) is 3.05. The lowest BCUT2D eigenvalue weighted by molar-refractivity contribution is -0.116. The Hall–Kier alpha value is -5.59. The summed E-state index contributed by atoms with van der Waals surface area (Å²) in [6.45, 7) is 0. The molecular weight excluding hydrogens is 764 g/mol. The second-order valence-electron chi connectivity index (χ2n) is 11.5. The zero-order valence-electron chi connectivity index (χ0n) is 28.8. The van der Waals surface area contributed by atoms with Gasteiger partial charge in [0.15, 0.2) is 5.13 Å². The first-order valence-electron chi connectivity index (χ1n) is 16.4. The lowest BCUT2D eigenvalue weighted by Crippen LogP contribution is -2.30. The summed E-state index contributed by atoms with van der Waals surface area (Å²) in [6.07, 6.45) is 1.53. The van der Waals surface area contributed by atoms with Crippen LogP contribution in [0.4, 0.5) is 10.8 Å². The van der Waals surface area contributed by atoms with Crippen molar-refractivity contribution in [2.75, 3.05) is 24.9 Å². The molecule has 1 aromatic heterocycles. The van der Waals surface area contributed by atoms with Gasteiger partial charge in [0, 0.05) is 37.7 Å². The number of benzene rings is 5. The van der Waals surface area contributed by atoms with E-state index < -0.39 is 17.1 Å². The largest absolute Gasteiger partial charge is 0.497 e. The van der Waals surface area contributed by atoms with Crippen LogP contribution >= 0.6 is 46.3 Å². The first kappa shape index (κ1) is 38.1. The van der Waals surface area contributed by atoms with Crippen LogP contribution in [0.1, 0.15) is 26.7 Å². The van der Waals surface area contributed by atoms with E-state index in [-0.39, 0.29) is 11.6 Å². The fourth-order valence-corrected chi connectivity index (χ4v) is 7.47. The number of ether oxygens (including phenoxy) is 2. The molecule has 0 saturated carbocycles. The molecule has 13 heteroatoms. The standard InChI is InChI=1S/C41H32Cl2N4O5S2/c1-51-30-16-20-36(52-2)27(21-30)22-34(45-38(48)26-11-7-4-8-12-26)39(49)44-29-14-17-31(18-15-29)54-37(25-9-5-3-6-10-25)40(50)47-41-46-35(24-53-41)32-19-13-28(42)23-33(32)43/h3-24,37H,1-2H3,(H,44,49)(H,45,48)(H,46,47,50)/b34-22-. The number of nitrogens with one attached hydrogen (secondary N) is 3. The van der Waals surface area contributed by atoms with Crippen molar-refractivity contribution in [3.05, 3.63) is 159 Å². The molecule has 1 heterocycles. The van der Waals surface area contributed by atoms with E-state index in [1.165, 1.54) is 43.4 Å². The maximum Gasteiger partial charge on any atom is 0.272 e. The number of nitrogens with zero attached hydrogens (tertiary/aromatic N) is 1. The van der Waals surface area contributed by atoms with Gasteiger partial charge in [0.2, 0.25) is 5.91 Å². The summed E-state index contributed by atoms with van der Waals surface area (Å²) in [5, 5.41) is 11.2. The maximum absolute atomic E-state index is 13.8. The Balaban J connectivity index is 1.20. The van der Waals surface area contributed by atoms with Gasteiger partial charge in [-0.3, -0.25) is 14.4 Å². The highest BCUT2D eigenvalue weighted by atomic mass is 35.5. The Kier molecular flexibility index (Phi) is 12.7. The van der Waals surface area contributed by atoms with Crippen molar-refractivity contribution in [1.29, 1.82) is 0 Å².